The number of fused-ring (bicyclic) bond motifs is 2. The Bertz CT molecular complexity index is 1350. The normalized spacial score (nSPS) is 13.5. The Morgan fingerprint density at radius 1 is 1.22 bits per heavy atom. The topological polar surface area (TPSA) is 66.1 Å². The van der Waals surface area contributed by atoms with Crippen LogP contribution in [0.3, 0.4) is 0 Å². The summed E-state index contributed by atoms with van der Waals surface area (Å²) in [5.74, 6) is -0.508. The first-order chi connectivity index (χ1) is 15.3. The molecule has 0 aliphatic carbocycles. The van der Waals surface area contributed by atoms with E-state index in [1.165, 1.54) is 28.7 Å². The molecule has 0 radical (unpaired) electrons. The van der Waals surface area contributed by atoms with Crippen LogP contribution in [-0.4, -0.2) is 19.4 Å². The van der Waals surface area contributed by atoms with Gasteiger partial charge in [-0.3, -0.25) is 0 Å². The van der Waals surface area contributed by atoms with Gasteiger partial charge in [0.05, 0.1) is 33.0 Å². The summed E-state index contributed by atoms with van der Waals surface area (Å²) < 4.78 is 57.6. The van der Waals surface area contributed by atoms with Crippen molar-refractivity contribution in [3.05, 3.63) is 69.6 Å². The summed E-state index contributed by atoms with van der Waals surface area (Å²) in [4.78, 5) is 13.5. The summed E-state index contributed by atoms with van der Waals surface area (Å²) in [5, 5.41) is 4.19. The van der Waals surface area contributed by atoms with Gasteiger partial charge in [0, 0.05) is 29.7 Å². The molecule has 5 rings (SSSR count). The van der Waals surface area contributed by atoms with Crippen molar-refractivity contribution in [3.8, 4) is 5.75 Å². The predicted octanol–water partition coefficient (Wildman–Crippen LogP) is 6.35. The maximum Gasteiger partial charge on any atom is 0.416 e. The molecule has 0 amide bonds. The molecule has 2 N–H and O–H groups in total. The quantitative estimate of drug-likeness (QED) is 0.332. The first-order valence-electron chi connectivity index (χ1n) is 9.16. The van der Waals surface area contributed by atoms with E-state index in [4.69, 9.17) is 16.4 Å². The minimum atomic E-state index is -4.55. The predicted molar refractivity (Wildman–Crippen MR) is 113 cm³/mol. The molecule has 3 heterocycles. The monoisotopic (exact) mass is 481 g/mol. The van der Waals surface area contributed by atoms with E-state index in [-0.39, 0.29) is 27.8 Å². The second-order valence-electron chi connectivity index (χ2n) is 6.90. The molecule has 4 aromatic rings. The molecule has 1 aliphatic rings. The van der Waals surface area contributed by atoms with Crippen LogP contribution in [0.15, 0.2) is 42.7 Å². The van der Waals surface area contributed by atoms with Crippen molar-refractivity contribution in [2.45, 2.75) is 12.7 Å². The summed E-state index contributed by atoms with van der Waals surface area (Å²) in [7, 11) is 0. The van der Waals surface area contributed by atoms with Crippen molar-refractivity contribution in [2.24, 2.45) is 0 Å². The van der Waals surface area contributed by atoms with E-state index >= 15 is 0 Å². The van der Waals surface area contributed by atoms with Gasteiger partial charge < -0.3 is 15.1 Å². The fourth-order valence-electron chi connectivity index (χ4n) is 3.17. The lowest BCUT2D eigenvalue weighted by atomic mass is 10.2. The largest absolute Gasteiger partial charge is 0.416 e. The highest BCUT2D eigenvalue weighted by atomic mass is 35.5. The van der Waals surface area contributed by atoms with Gasteiger partial charge in [0.2, 0.25) is 5.95 Å². The average Bonchev–Trinajstić information content (AvgIpc) is 3.35. The molecule has 1 aliphatic heterocycles. The number of benzene rings is 2. The zero-order chi connectivity index (χ0) is 22.5. The van der Waals surface area contributed by atoms with E-state index in [0.717, 1.165) is 22.6 Å². The standard InChI is InChI=1S/C20H12ClF4N5OS/c21-13-5-11(20(23,24)25)6-15-18(13)29-19(28-15)27-12-1-2-16(14(22)7-12)31-30-4-3-17-10(9-30)8-26-32-17/h1-8H,9H2,(H2,27,28,29). The Balaban J connectivity index is 1.33. The summed E-state index contributed by atoms with van der Waals surface area (Å²) in [6.45, 7) is 0.432. The van der Waals surface area contributed by atoms with Gasteiger partial charge in [-0.15, -0.1) is 0 Å². The minimum absolute atomic E-state index is 0.00862. The van der Waals surface area contributed by atoms with Gasteiger partial charge in [-0.2, -0.15) is 13.2 Å². The van der Waals surface area contributed by atoms with Crippen LogP contribution in [0.1, 0.15) is 16.0 Å². The first kappa shape index (κ1) is 20.6. The maximum absolute atomic E-state index is 14.6. The number of hydrogen-bond acceptors (Lipinski definition) is 6. The number of rotatable bonds is 4. The Morgan fingerprint density at radius 2 is 2.06 bits per heavy atom. The van der Waals surface area contributed by atoms with Crippen molar-refractivity contribution >= 4 is 51.9 Å². The number of alkyl halides is 3. The molecule has 32 heavy (non-hydrogen) atoms. The lowest BCUT2D eigenvalue weighted by Crippen LogP contribution is -2.23. The molecule has 0 fully saturated rings. The van der Waals surface area contributed by atoms with Crippen LogP contribution in [0, 0.1) is 5.82 Å². The number of hydroxylamine groups is 2. The lowest BCUT2D eigenvalue weighted by Gasteiger charge is -2.23. The van der Waals surface area contributed by atoms with Gasteiger partial charge >= 0.3 is 6.18 Å². The van der Waals surface area contributed by atoms with Gasteiger partial charge in [0.15, 0.2) is 11.6 Å². The van der Waals surface area contributed by atoms with E-state index in [0.29, 0.717) is 12.2 Å². The van der Waals surface area contributed by atoms with Crippen molar-refractivity contribution in [1.29, 1.82) is 0 Å². The highest BCUT2D eigenvalue weighted by Gasteiger charge is 2.31. The number of H-pyrrole nitrogens is 1. The number of aromatic nitrogens is 3. The highest BCUT2D eigenvalue weighted by Crippen LogP contribution is 2.35. The fourth-order valence-corrected chi connectivity index (χ4v) is 4.08. The van der Waals surface area contributed by atoms with Crippen molar-refractivity contribution in [3.63, 3.8) is 0 Å². The maximum atomic E-state index is 14.6. The van der Waals surface area contributed by atoms with Gasteiger partial charge in [-0.05, 0) is 41.9 Å². The molecule has 6 nitrogen and oxygen atoms in total. The van der Waals surface area contributed by atoms with Crippen LogP contribution in [0.5, 0.6) is 5.75 Å². The number of aromatic amines is 1. The third-order valence-electron chi connectivity index (χ3n) is 4.68. The molecule has 0 saturated heterocycles. The van der Waals surface area contributed by atoms with Crippen LogP contribution in [-0.2, 0) is 12.7 Å². The Kier molecular flexibility index (Phi) is 4.94. The van der Waals surface area contributed by atoms with Crippen LogP contribution in [0.4, 0.5) is 29.2 Å². The molecule has 0 bridgehead atoms. The Morgan fingerprint density at radius 3 is 2.84 bits per heavy atom. The summed E-state index contributed by atoms with van der Waals surface area (Å²) in [6.07, 6.45) is 0.718. The zero-order valence-electron chi connectivity index (χ0n) is 15.9. The van der Waals surface area contributed by atoms with Gasteiger partial charge in [-0.1, -0.05) is 11.6 Å². The molecule has 2 aromatic heterocycles. The van der Waals surface area contributed by atoms with Crippen molar-refractivity contribution < 1.29 is 22.4 Å². The molecular formula is C20H12ClF4N5OS. The molecule has 0 atom stereocenters. The molecule has 0 saturated carbocycles. The average molecular weight is 482 g/mol. The van der Waals surface area contributed by atoms with Gasteiger partial charge in [0.25, 0.3) is 0 Å². The summed E-state index contributed by atoms with van der Waals surface area (Å²) in [6, 6.07) is 5.89. The second kappa shape index (κ2) is 7.68. The van der Waals surface area contributed by atoms with Crippen LogP contribution in [0.25, 0.3) is 17.1 Å². The summed E-state index contributed by atoms with van der Waals surface area (Å²) >= 11 is 7.33. The number of nitrogens with zero attached hydrogens (tertiary/aromatic N) is 3. The van der Waals surface area contributed by atoms with E-state index in [1.54, 1.807) is 18.5 Å². The zero-order valence-corrected chi connectivity index (χ0v) is 17.4. The SMILES string of the molecule is Fc1cc(Nc2nc3cc(C(F)(F)F)cc(Cl)c3[nH]2)ccc1ON1C=Cc2sncc2C1. The molecule has 164 valence electrons. The van der Waals surface area contributed by atoms with Gasteiger partial charge in [-0.25, -0.2) is 18.8 Å². The summed E-state index contributed by atoms with van der Waals surface area (Å²) in [5.41, 5.74) is 0.666. The smallest absolute Gasteiger partial charge is 0.377 e. The second-order valence-corrected chi connectivity index (χ2v) is 8.14. The van der Waals surface area contributed by atoms with Crippen LogP contribution < -0.4 is 10.2 Å². The van der Waals surface area contributed by atoms with Crippen LogP contribution >= 0.6 is 23.1 Å². The molecule has 0 unspecified atom stereocenters. The van der Waals surface area contributed by atoms with E-state index in [1.807, 2.05) is 6.08 Å². The lowest BCUT2D eigenvalue weighted by molar-refractivity contribution is -0.137. The Labute approximate surface area is 187 Å². The van der Waals surface area contributed by atoms with E-state index < -0.39 is 17.6 Å². The van der Waals surface area contributed by atoms with E-state index in [2.05, 4.69) is 19.7 Å². The minimum Gasteiger partial charge on any atom is -0.377 e. The molecule has 0 spiro atoms. The third kappa shape index (κ3) is 3.96. The molecule has 12 heteroatoms. The first-order valence-corrected chi connectivity index (χ1v) is 10.3. The fraction of sp³-hybridized carbons (Fsp3) is 0.100. The Hall–Kier alpha value is -3.31. The number of imidazole rings is 1. The van der Waals surface area contributed by atoms with Crippen LogP contribution in [0.2, 0.25) is 5.02 Å². The highest BCUT2D eigenvalue weighted by molar-refractivity contribution is 7.06. The van der Waals surface area contributed by atoms with Crippen molar-refractivity contribution in [2.75, 3.05) is 5.32 Å². The van der Waals surface area contributed by atoms with Crippen molar-refractivity contribution in [1.82, 2.24) is 19.4 Å². The number of hydrogen-bond donors (Lipinski definition) is 2. The molecular weight excluding hydrogens is 470 g/mol. The third-order valence-corrected chi connectivity index (χ3v) is 5.78. The number of halogens is 5. The number of anilines is 2. The van der Waals surface area contributed by atoms with E-state index in [9.17, 15) is 17.6 Å². The molecule has 2 aromatic carbocycles. The number of nitrogens with one attached hydrogen (secondary N) is 2. The van der Waals surface area contributed by atoms with Gasteiger partial charge in [0.1, 0.15) is 0 Å².